The second-order valence-corrected chi connectivity index (χ2v) is 8.14. The lowest BCUT2D eigenvalue weighted by Crippen LogP contribution is -2.63. The number of carbonyl (C=O) groups is 1. The molecule has 1 amide bonds. The largest absolute Gasteiger partial charge is 0.346 e. The molecule has 0 saturated carbocycles. The van der Waals surface area contributed by atoms with Crippen molar-refractivity contribution in [3.8, 4) is 11.8 Å². The Morgan fingerprint density at radius 3 is 2.77 bits per heavy atom. The number of hydrogen-bond donors (Lipinski definition) is 2. The Balaban J connectivity index is 1.69. The molecular formula is C21H17N3OS. The molecule has 1 saturated heterocycles. The van der Waals surface area contributed by atoms with Gasteiger partial charge in [-0.1, -0.05) is 5.92 Å². The van der Waals surface area contributed by atoms with Crippen molar-refractivity contribution in [2.45, 2.75) is 25.3 Å². The number of rotatable bonds is 0. The highest BCUT2D eigenvalue weighted by Crippen LogP contribution is 2.47. The summed E-state index contributed by atoms with van der Waals surface area (Å²) in [7, 11) is 1.65. The van der Waals surface area contributed by atoms with Crippen molar-refractivity contribution in [1.82, 2.24) is 10.2 Å². The van der Waals surface area contributed by atoms with Gasteiger partial charge in [-0.2, -0.15) is 0 Å². The number of amides is 1. The van der Waals surface area contributed by atoms with Gasteiger partial charge >= 0.3 is 0 Å². The summed E-state index contributed by atoms with van der Waals surface area (Å²) in [5, 5.41) is 13.8. The highest BCUT2D eigenvalue weighted by atomic mass is 32.1. The Morgan fingerprint density at radius 2 is 2.00 bits per heavy atom. The predicted octanol–water partition coefficient (Wildman–Crippen LogP) is 3.56. The molecule has 1 aliphatic carbocycles. The normalized spacial score (nSPS) is 21.4. The number of guanidine groups is 1. The van der Waals surface area contributed by atoms with Crippen LogP contribution >= 0.6 is 11.3 Å². The molecule has 1 atom stereocenters. The van der Waals surface area contributed by atoms with Crippen LogP contribution in [-0.2, 0) is 16.8 Å². The van der Waals surface area contributed by atoms with E-state index in [9.17, 15) is 4.79 Å². The molecule has 5 rings (SSSR count). The first-order chi connectivity index (χ1) is 12.5. The van der Waals surface area contributed by atoms with Crippen LogP contribution in [0.5, 0.6) is 0 Å². The van der Waals surface area contributed by atoms with Gasteiger partial charge in [0.2, 0.25) is 5.91 Å². The summed E-state index contributed by atoms with van der Waals surface area (Å²) >= 11 is 1.80. The number of nitrogens with zero attached hydrogens (tertiary/aromatic N) is 1. The van der Waals surface area contributed by atoms with Gasteiger partial charge in [-0.25, -0.2) is 0 Å². The lowest BCUT2D eigenvalue weighted by atomic mass is 9.67. The second kappa shape index (κ2) is 5.09. The Kier molecular flexibility index (Phi) is 3.02. The number of fused-ring (bicyclic) bond motifs is 5. The van der Waals surface area contributed by atoms with E-state index in [1.165, 1.54) is 30.6 Å². The summed E-state index contributed by atoms with van der Waals surface area (Å²) in [4.78, 5) is 13.7. The Morgan fingerprint density at radius 1 is 1.19 bits per heavy atom. The molecule has 5 heteroatoms. The van der Waals surface area contributed by atoms with Crippen LogP contribution in [0.1, 0.15) is 30.0 Å². The van der Waals surface area contributed by atoms with Crippen molar-refractivity contribution in [3.05, 3.63) is 47.0 Å². The van der Waals surface area contributed by atoms with Gasteiger partial charge < -0.3 is 5.32 Å². The molecule has 1 aromatic heterocycles. The zero-order valence-electron chi connectivity index (χ0n) is 14.6. The summed E-state index contributed by atoms with van der Waals surface area (Å²) in [6.45, 7) is 1.85. The molecule has 26 heavy (non-hydrogen) atoms. The minimum Gasteiger partial charge on any atom is -0.346 e. The van der Waals surface area contributed by atoms with E-state index in [4.69, 9.17) is 5.41 Å². The molecule has 2 aromatic carbocycles. The Hall–Kier alpha value is -2.84. The maximum Gasteiger partial charge on any atom is 0.231 e. The van der Waals surface area contributed by atoms with Gasteiger partial charge in [0.15, 0.2) is 5.96 Å². The first-order valence-corrected chi connectivity index (χ1v) is 9.38. The number of hydrogen-bond acceptors (Lipinski definition) is 3. The van der Waals surface area contributed by atoms with Crippen molar-refractivity contribution < 1.29 is 4.79 Å². The van der Waals surface area contributed by atoms with E-state index in [2.05, 4.69) is 47.5 Å². The van der Waals surface area contributed by atoms with Gasteiger partial charge in [-0.05, 0) is 48.4 Å². The molecule has 3 aromatic rings. The van der Waals surface area contributed by atoms with Gasteiger partial charge in [0.05, 0.1) is 12.0 Å². The predicted molar refractivity (Wildman–Crippen MR) is 106 cm³/mol. The average molecular weight is 359 g/mol. The number of nitrogens with one attached hydrogen (secondary N) is 2. The van der Waals surface area contributed by atoms with Gasteiger partial charge in [-0.15, -0.1) is 17.3 Å². The highest BCUT2D eigenvalue weighted by molar-refractivity contribution is 7.25. The molecular weight excluding hydrogens is 342 g/mol. The third-order valence-corrected chi connectivity index (χ3v) is 6.63. The first-order valence-electron chi connectivity index (χ1n) is 8.56. The SMILES string of the molecule is CC#Cc1ccc2sc3cc4c(cc3c2c1)[C@@]1(CC(=O)N(C)C(=N)N1)C4. The summed E-state index contributed by atoms with van der Waals surface area (Å²) in [5.74, 6) is 6.27. The fourth-order valence-electron chi connectivity index (χ4n) is 4.12. The van der Waals surface area contributed by atoms with E-state index in [0.717, 1.165) is 17.5 Å². The molecule has 0 bridgehead atoms. The van der Waals surface area contributed by atoms with E-state index < -0.39 is 5.54 Å². The molecule has 2 heterocycles. The minimum absolute atomic E-state index is 0.00446. The molecule has 0 radical (unpaired) electrons. The summed E-state index contributed by atoms with van der Waals surface area (Å²) in [6, 6.07) is 10.8. The molecule has 2 N–H and O–H groups in total. The monoisotopic (exact) mass is 359 g/mol. The van der Waals surface area contributed by atoms with Crippen molar-refractivity contribution in [3.63, 3.8) is 0 Å². The maximum atomic E-state index is 12.3. The molecule has 1 fully saturated rings. The second-order valence-electron chi connectivity index (χ2n) is 7.06. The maximum absolute atomic E-state index is 12.3. The van der Waals surface area contributed by atoms with Crippen LogP contribution in [0.4, 0.5) is 0 Å². The van der Waals surface area contributed by atoms with Crippen molar-refractivity contribution in [2.24, 2.45) is 0 Å². The fraction of sp³-hybridized carbons (Fsp3) is 0.238. The van der Waals surface area contributed by atoms with Crippen LogP contribution in [0.15, 0.2) is 30.3 Å². The summed E-state index contributed by atoms with van der Waals surface area (Å²) in [5.41, 5.74) is 3.03. The lowest BCUT2D eigenvalue weighted by molar-refractivity contribution is -0.130. The average Bonchev–Trinajstić information content (AvgIpc) is 2.95. The lowest BCUT2D eigenvalue weighted by Gasteiger charge is -2.49. The van der Waals surface area contributed by atoms with E-state index >= 15 is 0 Å². The molecule has 2 aliphatic rings. The van der Waals surface area contributed by atoms with E-state index in [-0.39, 0.29) is 11.9 Å². The highest BCUT2D eigenvalue weighted by Gasteiger charge is 2.49. The number of thiophene rings is 1. The quantitative estimate of drug-likeness (QED) is 0.603. The van der Waals surface area contributed by atoms with Crippen LogP contribution in [0.25, 0.3) is 20.2 Å². The van der Waals surface area contributed by atoms with Crippen LogP contribution in [-0.4, -0.2) is 23.8 Å². The summed E-state index contributed by atoms with van der Waals surface area (Å²) < 4.78 is 2.52. The fourth-order valence-corrected chi connectivity index (χ4v) is 5.25. The molecule has 4 nitrogen and oxygen atoms in total. The van der Waals surface area contributed by atoms with Crippen molar-refractivity contribution >= 4 is 43.4 Å². The standard InChI is InChI=1S/C21H17N3OS/c1-3-4-12-5-6-17-14(7-12)15-9-16-13(8-18(15)26-17)10-21(16)11-19(25)24(2)20(22)23-21/h5-9H,10-11H2,1-2H3,(H2,22,23)/t21-/m0/s1. The van der Waals surface area contributed by atoms with E-state index in [0.29, 0.717) is 6.42 Å². The van der Waals surface area contributed by atoms with Gasteiger partial charge in [0, 0.05) is 39.2 Å². The minimum atomic E-state index is -0.417. The van der Waals surface area contributed by atoms with Crippen LogP contribution in [0.3, 0.4) is 0 Å². The third-order valence-electron chi connectivity index (χ3n) is 5.49. The van der Waals surface area contributed by atoms with Crippen LogP contribution in [0, 0.1) is 17.3 Å². The van der Waals surface area contributed by atoms with E-state index in [1.54, 1.807) is 18.4 Å². The van der Waals surface area contributed by atoms with E-state index in [1.807, 2.05) is 6.92 Å². The molecule has 0 unspecified atom stereocenters. The molecule has 1 spiro atoms. The zero-order chi connectivity index (χ0) is 18.1. The first kappa shape index (κ1) is 15.4. The summed E-state index contributed by atoms with van der Waals surface area (Å²) in [6.07, 6.45) is 1.19. The zero-order valence-corrected chi connectivity index (χ0v) is 15.4. The van der Waals surface area contributed by atoms with Crippen molar-refractivity contribution in [1.29, 1.82) is 5.41 Å². The van der Waals surface area contributed by atoms with Crippen LogP contribution in [0.2, 0.25) is 0 Å². The van der Waals surface area contributed by atoms with Gasteiger partial charge in [-0.3, -0.25) is 15.1 Å². The number of benzene rings is 2. The van der Waals surface area contributed by atoms with Gasteiger partial charge in [0.1, 0.15) is 0 Å². The van der Waals surface area contributed by atoms with Gasteiger partial charge in [0.25, 0.3) is 0 Å². The van der Waals surface area contributed by atoms with Crippen LogP contribution < -0.4 is 5.32 Å². The Labute approximate surface area is 155 Å². The Bertz CT molecular complexity index is 1180. The van der Waals surface area contributed by atoms with Crippen molar-refractivity contribution in [2.75, 3.05) is 7.05 Å². The third kappa shape index (κ3) is 1.96. The topological polar surface area (TPSA) is 56.2 Å². The smallest absolute Gasteiger partial charge is 0.231 e. The molecule has 1 aliphatic heterocycles. The number of carbonyl (C=O) groups excluding carboxylic acids is 1. The molecule has 128 valence electrons.